The van der Waals surface area contributed by atoms with Crippen LogP contribution in [0.4, 0.5) is 5.69 Å². The third-order valence-corrected chi connectivity index (χ3v) is 6.81. The van der Waals surface area contributed by atoms with Crippen LogP contribution in [0.15, 0.2) is 77.7 Å². The Labute approximate surface area is 198 Å². The highest BCUT2D eigenvalue weighted by atomic mass is 35.5. The van der Waals surface area contributed by atoms with Crippen LogP contribution in [0.2, 0.25) is 5.02 Å². The highest BCUT2D eigenvalue weighted by Crippen LogP contribution is 2.26. The highest BCUT2D eigenvalue weighted by molar-refractivity contribution is 7.92. The molecule has 174 valence electrons. The standard InChI is InChI=1S/C24H25ClN2O5S/c1-3-32-22-10-4-18(5-11-22)16-26-24(28)17-27(20-8-6-19(25)7-9-20)33(29,30)23-14-12-21(31-2)13-15-23/h4-15H,3,16-17H2,1-2H3,(H,26,28). The van der Waals surface area contributed by atoms with E-state index >= 15 is 0 Å². The third kappa shape index (κ3) is 6.40. The van der Waals surface area contributed by atoms with E-state index in [9.17, 15) is 13.2 Å². The summed E-state index contributed by atoms with van der Waals surface area (Å²) in [7, 11) is -2.53. The molecule has 0 aliphatic rings. The molecule has 3 rings (SSSR count). The van der Waals surface area contributed by atoms with Crippen molar-refractivity contribution in [3.05, 3.63) is 83.4 Å². The average molecular weight is 489 g/mol. The largest absolute Gasteiger partial charge is 0.497 e. The topological polar surface area (TPSA) is 84.9 Å². The molecular weight excluding hydrogens is 464 g/mol. The van der Waals surface area contributed by atoms with Crippen LogP contribution in [0.5, 0.6) is 11.5 Å². The fourth-order valence-corrected chi connectivity index (χ4v) is 4.60. The molecule has 0 bridgehead atoms. The molecule has 9 heteroatoms. The molecule has 0 saturated heterocycles. The van der Waals surface area contributed by atoms with Crippen LogP contribution < -0.4 is 19.1 Å². The first-order valence-corrected chi connectivity index (χ1v) is 12.1. The number of benzene rings is 3. The second kappa shape index (κ2) is 11.1. The van der Waals surface area contributed by atoms with Crippen molar-refractivity contribution in [2.24, 2.45) is 0 Å². The Hall–Kier alpha value is -3.23. The van der Waals surface area contributed by atoms with Crippen LogP contribution in [-0.4, -0.2) is 34.6 Å². The molecule has 0 aromatic heterocycles. The van der Waals surface area contributed by atoms with Crippen molar-refractivity contribution in [1.82, 2.24) is 5.32 Å². The monoisotopic (exact) mass is 488 g/mol. The van der Waals surface area contributed by atoms with Gasteiger partial charge in [0.2, 0.25) is 5.91 Å². The maximum atomic E-state index is 13.4. The summed E-state index contributed by atoms with van der Waals surface area (Å²) in [5, 5.41) is 3.23. The number of nitrogens with zero attached hydrogens (tertiary/aromatic N) is 1. The zero-order valence-electron chi connectivity index (χ0n) is 18.3. The molecule has 3 aromatic carbocycles. The van der Waals surface area contributed by atoms with Crippen molar-refractivity contribution < 1.29 is 22.7 Å². The van der Waals surface area contributed by atoms with Gasteiger partial charge in [0.1, 0.15) is 18.0 Å². The molecule has 0 fully saturated rings. The average Bonchev–Trinajstić information content (AvgIpc) is 2.83. The molecule has 33 heavy (non-hydrogen) atoms. The Morgan fingerprint density at radius 2 is 1.55 bits per heavy atom. The van der Waals surface area contributed by atoms with Crippen molar-refractivity contribution >= 4 is 33.2 Å². The molecule has 0 spiro atoms. The van der Waals surface area contributed by atoms with Crippen LogP contribution in [0, 0.1) is 0 Å². The lowest BCUT2D eigenvalue weighted by molar-refractivity contribution is -0.119. The predicted molar refractivity (Wildman–Crippen MR) is 128 cm³/mol. The van der Waals surface area contributed by atoms with Gasteiger partial charge in [0.25, 0.3) is 10.0 Å². The van der Waals surface area contributed by atoms with E-state index in [2.05, 4.69) is 5.32 Å². The zero-order valence-corrected chi connectivity index (χ0v) is 19.9. The number of sulfonamides is 1. The Kier molecular flexibility index (Phi) is 8.19. The normalized spacial score (nSPS) is 11.0. The number of ether oxygens (including phenoxy) is 2. The molecular formula is C24H25ClN2O5S. The van der Waals surface area contributed by atoms with E-state index in [1.165, 1.54) is 19.2 Å². The van der Waals surface area contributed by atoms with Gasteiger partial charge >= 0.3 is 0 Å². The number of rotatable bonds is 10. The zero-order chi connectivity index (χ0) is 23.8. The molecule has 0 heterocycles. The van der Waals surface area contributed by atoms with E-state index in [4.69, 9.17) is 21.1 Å². The third-order valence-electron chi connectivity index (χ3n) is 4.77. The number of halogens is 1. The molecule has 1 N–H and O–H groups in total. The van der Waals surface area contributed by atoms with E-state index in [1.807, 2.05) is 31.2 Å². The molecule has 0 aliphatic heterocycles. The van der Waals surface area contributed by atoms with Crippen molar-refractivity contribution in [1.29, 1.82) is 0 Å². The van der Waals surface area contributed by atoms with Crippen LogP contribution in [0.1, 0.15) is 12.5 Å². The first kappa shape index (κ1) is 24.4. The second-order valence-corrected chi connectivity index (χ2v) is 9.32. The Morgan fingerprint density at radius 3 is 2.12 bits per heavy atom. The first-order valence-electron chi connectivity index (χ1n) is 10.2. The number of amides is 1. The van der Waals surface area contributed by atoms with Gasteiger partial charge in [-0.2, -0.15) is 0 Å². The SMILES string of the molecule is CCOc1ccc(CNC(=O)CN(c2ccc(Cl)cc2)S(=O)(=O)c2ccc(OC)cc2)cc1. The summed E-state index contributed by atoms with van der Waals surface area (Å²) in [6.07, 6.45) is 0. The Balaban J connectivity index is 1.79. The summed E-state index contributed by atoms with van der Waals surface area (Å²) in [6, 6.07) is 19.6. The highest BCUT2D eigenvalue weighted by Gasteiger charge is 2.27. The molecule has 1 amide bonds. The number of carbonyl (C=O) groups is 1. The summed E-state index contributed by atoms with van der Waals surface area (Å²) in [5.74, 6) is 0.822. The summed E-state index contributed by atoms with van der Waals surface area (Å²) < 4.78 is 38.3. The van der Waals surface area contributed by atoms with Crippen molar-refractivity contribution in [3.63, 3.8) is 0 Å². The maximum absolute atomic E-state index is 13.4. The number of carbonyl (C=O) groups excluding carboxylic acids is 1. The summed E-state index contributed by atoms with van der Waals surface area (Å²) in [6.45, 7) is 2.33. The lowest BCUT2D eigenvalue weighted by Crippen LogP contribution is -2.40. The van der Waals surface area contributed by atoms with Gasteiger partial charge in [0, 0.05) is 11.6 Å². The first-order chi connectivity index (χ1) is 15.8. The van der Waals surface area contributed by atoms with Crippen LogP contribution in [0.3, 0.4) is 0 Å². The van der Waals surface area contributed by atoms with Crippen molar-refractivity contribution in [2.45, 2.75) is 18.4 Å². The summed E-state index contributed by atoms with van der Waals surface area (Å²) >= 11 is 5.97. The van der Waals surface area contributed by atoms with Gasteiger partial charge in [-0.3, -0.25) is 9.10 Å². The van der Waals surface area contributed by atoms with Gasteiger partial charge in [-0.05, 0) is 73.2 Å². The molecule has 0 atom stereocenters. The van der Waals surface area contributed by atoms with Crippen molar-refractivity contribution in [3.8, 4) is 11.5 Å². The molecule has 3 aromatic rings. The minimum absolute atomic E-state index is 0.0394. The van der Waals surface area contributed by atoms with E-state index in [0.717, 1.165) is 15.6 Å². The minimum atomic E-state index is -4.02. The summed E-state index contributed by atoms with van der Waals surface area (Å²) in [5.41, 5.74) is 1.19. The van der Waals surface area contributed by atoms with Gasteiger partial charge in [-0.15, -0.1) is 0 Å². The number of anilines is 1. The number of methoxy groups -OCH3 is 1. The summed E-state index contributed by atoms with van der Waals surface area (Å²) in [4.78, 5) is 12.8. The molecule has 0 unspecified atom stereocenters. The van der Waals surface area contributed by atoms with Gasteiger partial charge in [-0.1, -0.05) is 23.7 Å². The van der Waals surface area contributed by atoms with Crippen LogP contribution >= 0.6 is 11.6 Å². The smallest absolute Gasteiger partial charge is 0.264 e. The lowest BCUT2D eigenvalue weighted by atomic mass is 10.2. The Bertz CT molecular complexity index is 1160. The van der Waals surface area contributed by atoms with E-state index < -0.39 is 22.5 Å². The molecule has 0 saturated carbocycles. The van der Waals surface area contributed by atoms with Gasteiger partial charge in [0.15, 0.2) is 0 Å². The van der Waals surface area contributed by atoms with E-state index in [0.29, 0.717) is 23.1 Å². The van der Waals surface area contributed by atoms with Crippen LogP contribution in [0.25, 0.3) is 0 Å². The number of hydrogen-bond acceptors (Lipinski definition) is 5. The van der Waals surface area contributed by atoms with Gasteiger partial charge in [-0.25, -0.2) is 8.42 Å². The van der Waals surface area contributed by atoms with Crippen LogP contribution in [-0.2, 0) is 21.4 Å². The quantitative estimate of drug-likeness (QED) is 0.461. The van der Waals surface area contributed by atoms with Gasteiger partial charge in [0.05, 0.1) is 24.3 Å². The molecule has 0 radical (unpaired) electrons. The lowest BCUT2D eigenvalue weighted by Gasteiger charge is -2.24. The predicted octanol–water partition coefficient (Wildman–Crippen LogP) is 4.26. The fraction of sp³-hybridized carbons (Fsp3) is 0.208. The maximum Gasteiger partial charge on any atom is 0.264 e. The fourth-order valence-electron chi connectivity index (χ4n) is 3.05. The van der Waals surface area contributed by atoms with E-state index in [-0.39, 0.29) is 11.4 Å². The van der Waals surface area contributed by atoms with E-state index in [1.54, 1.807) is 36.4 Å². The minimum Gasteiger partial charge on any atom is -0.497 e. The number of nitrogens with one attached hydrogen (secondary N) is 1. The second-order valence-electron chi connectivity index (χ2n) is 7.02. The number of hydrogen-bond donors (Lipinski definition) is 1. The van der Waals surface area contributed by atoms with Gasteiger partial charge < -0.3 is 14.8 Å². The van der Waals surface area contributed by atoms with Crippen molar-refractivity contribution in [2.75, 3.05) is 24.6 Å². The Morgan fingerprint density at radius 1 is 0.939 bits per heavy atom. The molecule has 7 nitrogen and oxygen atoms in total. The molecule has 0 aliphatic carbocycles.